The lowest BCUT2D eigenvalue weighted by Crippen LogP contribution is -2.06. The number of hydrogen-bond acceptors (Lipinski definition) is 3. The van der Waals surface area contributed by atoms with Crippen LogP contribution in [0.3, 0.4) is 0 Å². The summed E-state index contributed by atoms with van der Waals surface area (Å²) in [5.74, 6) is 1.58. The molecule has 0 aliphatic carbocycles. The van der Waals surface area contributed by atoms with Gasteiger partial charge in [0.1, 0.15) is 6.61 Å². The van der Waals surface area contributed by atoms with Gasteiger partial charge in [0.25, 0.3) is 0 Å². The Morgan fingerprint density at radius 1 is 0.933 bits per heavy atom. The molecule has 0 saturated carbocycles. The van der Waals surface area contributed by atoms with Crippen LogP contribution < -0.4 is 14.8 Å². The second kappa shape index (κ2) is 10.5. The van der Waals surface area contributed by atoms with E-state index in [-0.39, 0.29) is 0 Å². The molecule has 3 aromatic rings. The molecule has 0 saturated heterocycles. The number of rotatable bonds is 10. The molecule has 0 amide bonds. The zero-order valence-corrected chi connectivity index (χ0v) is 18.2. The molecule has 0 aromatic heterocycles. The molecule has 3 rings (SSSR count). The van der Waals surface area contributed by atoms with E-state index >= 15 is 0 Å². The number of hydrogen-bond donors (Lipinski definition) is 1. The zero-order valence-electron chi connectivity index (χ0n) is 18.2. The molecule has 30 heavy (non-hydrogen) atoms. The van der Waals surface area contributed by atoms with Crippen molar-refractivity contribution >= 4 is 5.69 Å². The van der Waals surface area contributed by atoms with Crippen LogP contribution in [0, 0.1) is 13.8 Å². The van der Waals surface area contributed by atoms with Crippen LogP contribution in [0.5, 0.6) is 11.5 Å². The van der Waals surface area contributed by atoms with E-state index in [0.717, 1.165) is 40.3 Å². The topological polar surface area (TPSA) is 30.5 Å². The van der Waals surface area contributed by atoms with Crippen molar-refractivity contribution in [2.75, 3.05) is 11.9 Å². The van der Waals surface area contributed by atoms with Crippen molar-refractivity contribution in [3.63, 3.8) is 0 Å². The minimum absolute atomic E-state index is 0.505. The molecule has 0 radical (unpaired) electrons. The molecule has 0 atom stereocenters. The van der Waals surface area contributed by atoms with E-state index in [1.807, 2.05) is 31.2 Å². The lowest BCUT2D eigenvalue weighted by Gasteiger charge is -2.18. The third-order valence-electron chi connectivity index (χ3n) is 4.95. The van der Waals surface area contributed by atoms with Gasteiger partial charge in [-0.1, -0.05) is 54.1 Å². The Bertz CT molecular complexity index is 980. The molecular weight excluding hydrogens is 370 g/mol. The van der Waals surface area contributed by atoms with Gasteiger partial charge >= 0.3 is 0 Å². The summed E-state index contributed by atoms with van der Waals surface area (Å²) in [7, 11) is 0. The van der Waals surface area contributed by atoms with Gasteiger partial charge in [0, 0.05) is 17.8 Å². The quantitative estimate of drug-likeness (QED) is 0.387. The van der Waals surface area contributed by atoms with Crippen LogP contribution in [-0.2, 0) is 19.6 Å². The summed E-state index contributed by atoms with van der Waals surface area (Å²) < 4.78 is 12.2. The van der Waals surface area contributed by atoms with Crippen LogP contribution in [0.2, 0.25) is 0 Å². The predicted octanol–water partition coefficient (Wildman–Crippen LogP) is 6.62. The minimum atomic E-state index is 0.505. The highest BCUT2D eigenvalue weighted by Gasteiger charge is 2.14. The Kier molecular flexibility index (Phi) is 7.56. The number of anilines is 1. The maximum Gasteiger partial charge on any atom is 0.165 e. The number of aryl methyl sites for hydroxylation is 2. The van der Waals surface area contributed by atoms with Gasteiger partial charge in [-0.3, -0.25) is 0 Å². The Morgan fingerprint density at radius 2 is 1.73 bits per heavy atom. The van der Waals surface area contributed by atoms with Crippen molar-refractivity contribution in [2.45, 2.75) is 40.3 Å². The van der Waals surface area contributed by atoms with Crippen molar-refractivity contribution in [3.05, 3.63) is 101 Å². The summed E-state index contributed by atoms with van der Waals surface area (Å²) in [5.41, 5.74) is 7.03. The standard InChI is InChI=1S/C27H31NO2/c1-5-10-24-16-23(18-28-25-14-13-20(3)15-21(25)4)17-26(29-6-2)27(24)30-19-22-11-8-7-9-12-22/h5,7-9,11-17,28H,1,6,10,18-19H2,2-4H3. The molecule has 3 nitrogen and oxygen atoms in total. The summed E-state index contributed by atoms with van der Waals surface area (Å²) in [6.07, 6.45) is 2.63. The smallest absolute Gasteiger partial charge is 0.165 e. The van der Waals surface area contributed by atoms with Crippen LogP contribution in [0.25, 0.3) is 0 Å². The minimum Gasteiger partial charge on any atom is -0.490 e. The van der Waals surface area contributed by atoms with E-state index in [1.54, 1.807) is 0 Å². The summed E-state index contributed by atoms with van der Waals surface area (Å²) in [5, 5.41) is 3.55. The highest BCUT2D eigenvalue weighted by atomic mass is 16.5. The molecule has 0 bridgehead atoms. The third-order valence-corrected chi connectivity index (χ3v) is 4.95. The van der Waals surface area contributed by atoms with Crippen molar-refractivity contribution in [3.8, 4) is 11.5 Å². The van der Waals surface area contributed by atoms with Gasteiger partial charge in [0.15, 0.2) is 11.5 Å². The van der Waals surface area contributed by atoms with Crippen molar-refractivity contribution in [2.24, 2.45) is 0 Å². The number of allylic oxidation sites excluding steroid dienone is 1. The molecule has 0 unspecified atom stereocenters. The van der Waals surface area contributed by atoms with Crippen molar-refractivity contribution in [1.82, 2.24) is 0 Å². The average Bonchev–Trinajstić information content (AvgIpc) is 2.74. The Morgan fingerprint density at radius 3 is 2.43 bits per heavy atom. The Balaban J connectivity index is 1.84. The highest BCUT2D eigenvalue weighted by Crippen LogP contribution is 2.35. The number of nitrogens with one attached hydrogen (secondary N) is 1. The van der Waals surface area contributed by atoms with E-state index in [9.17, 15) is 0 Å². The largest absolute Gasteiger partial charge is 0.490 e. The fraction of sp³-hybridized carbons (Fsp3) is 0.259. The summed E-state index contributed by atoms with van der Waals surface area (Å²) in [6, 6.07) is 20.9. The molecule has 0 aliphatic heterocycles. The second-order valence-electron chi connectivity index (χ2n) is 7.45. The third kappa shape index (κ3) is 5.66. The van der Waals surface area contributed by atoms with E-state index in [4.69, 9.17) is 9.47 Å². The van der Waals surface area contributed by atoms with Crippen LogP contribution in [0.1, 0.15) is 34.7 Å². The second-order valence-corrected chi connectivity index (χ2v) is 7.45. The first kappa shape index (κ1) is 21.5. The molecule has 0 aliphatic rings. The molecule has 0 heterocycles. The fourth-order valence-electron chi connectivity index (χ4n) is 3.50. The van der Waals surface area contributed by atoms with Gasteiger partial charge in [-0.15, -0.1) is 6.58 Å². The van der Waals surface area contributed by atoms with Gasteiger partial charge in [-0.05, 0) is 62.1 Å². The summed E-state index contributed by atoms with van der Waals surface area (Å²) in [6.45, 7) is 12.0. The van der Waals surface area contributed by atoms with Crippen LogP contribution >= 0.6 is 0 Å². The maximum atomic E-state index is 6.22. The lowest BCUT2D eigenvalue weighted by molar-refractivity contribution is 0.267. The monoisotopic (exact) mass is 401 g/mol. The molecule has 3 heteroatoms. The van der Waals surface area contributed by atoms with E-state index in [2.05, 4.69) is 68.2 Å². The van der Waals surface area contributed by atoms with Gasteiger partial charge in [-0.25, -0.2) is 0 Å². The summed E-state index contributed by atoms with van der Waals surface area (Å²) >= 11 is 0. The maximum absolute atomic E-state index is 6.22. The van der Waals surface area contributed by atoms with Crippen molar-refractivity contribution in [1.29, 1.82) is 0 Å². The lowest BCUT2D eigenvalue weighted by atomic mass is 10.0. The van der Waals surface area contributed by atoms with Gasteiger partial charge in [0.2, 0.25) is 0 Å². The predicted molar refractivity (Wildman–Crippen MR) is 126 cm³/mol. The van der Waals surface area contributed by atoms with Crippen LogP contribution in [-0.4, -0.2) is 6.61 Å². The Hall–Kier alpha value is -3.20. The van der Waals surface area contributed by atoms with E-state index < -0.39 is 0 Å². The molecule has 156 valence electrons. The molecule has 0 spiro atoms. The molecule has 1 N–H and O–H groups in total. The normalized spacial score (nSPS) is 10.5. The zero-order chi connectivity index (χ0) is 21.3. The SMILES string of the molecule is C=CCc1cc(CNc2ccc(C)cc2C)cc(OCC)c1OCc1ccccc1. The van der Waals surface area contributed by atoms with Gasteiger partial charge < -0.3 is 14.8 Å². The molecule has 0 fully saturated rings. The van der Waals surface area contributed by atoms with Crippen LogP contribution in [0.4, 0.5) is 5.69 Å². The van der Waals surface area contributed by atoms with Gasteiger partial charge in [-0.2, -0.15) is 0 Å². The first-order valence-corrected chi connectivity index (χ1v) is 10.5. The first-order valence-electron chi connectivity index (χ1n) is 10.5. The van der Waals surface area contributed by atoms with Crippen LogP contribution in [0.15, 0.2) is 73.3 Å². The molecule has 3 aromatic carbocycles. The number of ether oxygens (including phenoxy) is 2. The van der Waals surface area contributed by atoms with Gasteiger partial charge in [0.05, 0.1) is 6.61 Å². The highest BCUT2D eigenvalue weighted by molar-refractivity contribution is 5.54. The summed E-state index contributed by atoms with van der Waals surface area (Å²) in [4.78, 5) is 0. The molecular formula is C27H31NO2. The van der Waals surface area contributed by atoms with Crippen molar-refractivity contribution < 1.29 is 9.47 Å². The van der Waals surface area contributed by atoms with E-state index in [0.29, 0.717) is 19.8 Å². The Labute approximate surface area is 180 Å². The first-order chi connectivity index (χ1) is 14.6. The number of benzene rings is 3. The average molecular weight is 402 g/mol. The van der Waals surface area contributed by atoms with E-state index in [1.165, 1.54) is 11.1 Å². The fourth-order valence-corrected chi connectivity index (χ4v) is 3.50.